The van der Waals surface area contributed by atoms with Crippen LogP contribution in [0.2, 0.25) is 0 Å². The van der Waals surface area contributed by atoms with Gasteiger partial charge in [-0.2, -0.15) is 0 Å². The van der Waals surface area contributed by atoms with Crippen LogP contribution in [0.1, 0.15) is 54.3 Å². The van der Waals surface area contributed by atoms with Crippen LogP contribution >= 0.6 is 0 Å². The van der Waals surface area contributed by atoms with Gasteiger partial charge in [-0.25, -0.2) is 9.97 Å². The Kier molecular flexibility index (Phi) is 5.00. The number of anilines is 2. The van der Waals surface area contributed by atoms with Crippen molar-refractivity contribution < 1.29 is 0 Å². The zero-order valence-electron chi connectivity index (χ0n) is 14.3. The first-order valence-electron chi connectivity index (χ1n) is 7.35. The van der Waals surface area contributed by atoms with E-state index in [0.29, 0.717) is 11.3 Å². The number of nitrogens with zero attached hydrogens (tertiary/aromatic N) is 2. The van der Waals surface area contributed by atoms with Crippen molar-refractivity contribution >= 4 is 11.6 Å². The average Bonchev–Trinajstić information content (AvgIpc) is 2.33. The van der Waals surface area contributed by atoms with Gasteiger partial charge in [0.2, 0.25) is 0 Å². The molecule has 114 valence electrons. The SMILES string of the molecule is CNc1cc(NCC(C)C(C)(C)C)nc(C(C)(C)C)n1. The van der Waals surface area contributed by atoms with Gasteiger partial charge in [-0.3, -0.25) is 0 Å². The van der Waals surface area contributed by atoms with Crippen LogP contribution < -0.4 is 10.6 Å². The predicted octanol–water partition coefficient (Wildman–Crippen LogP) is 3.91. The summed E-state index contributed by atoms with van der Waals surface area (Å²) in [6.45, 7) is 16.3. The third-order valence-corrected chi connectivity index (χ3v) is 3.72. The van der Waals surface area contributed by atoms with Gasteiger partial charge in [-0.1, -0.05) is 48.5 Å². The molecule has 0 aliphatic rings. The van der Waals surface area contributed by atoms with Crippen molar-refractivity contribution in [2.24, 2.45) is 11.3 Å². The molecule has 1 aromatic heterocycles. The van der Waals surface area contributed by atoms with Crippen molar-refractivity contribution in [1.82, 2.24) is 9.97 Å². The smallest absolute Gasteiger partial charge is 0.138 e. The molecule has 4 heteroatoms. The minimum absolute atomic E-state index is 0.0566. The van der Waals surface area contributed by atoms with Crippen LogP contribution in [0.25, 0.3) is 0 Å². The van der Waals surface area contributed by atoms with E-state index in [9.17, 15) is 0 Å². The molecule has 0 spiro atoms. The molecule has 1 rings (SSSR count). The minimum atomic E-state index is -0.0566. The highest BCUT2D eigenvalue weighted by Crippen LogP contribution is 2.26. The highest BCUT2D eigenvalue weighted by atomic mass is 15.1. The van der Waals surface area contributed by atoms with Gasteiger partial charge in [0, 0.05) is 25.1 Å². The maximum absolute atomic E-state index is 4.64. The maximum atomic E-state index is 4.64. The molecule has 0 fully saturated rings. The summed E-state index contributed by atoms with van der Waals surface area (Å²) in [4.78, 5) is 9.18. The van der Waals surface area contributed by atoms with Crippen molar-refractivity contribution in [3.63, 3.8) is 0 Å². The van der Waals surface area contributed by atoms with E-state index in [1.54, 1.807) is 0 Å². The molecule has 1 unspecified atom stereocenters. The summed E-state index contributed by atoms with van der Waals surface area (Å²) in [5.41, 5.74) is 0.234. The Balaban J connectivity index is 2.90. The fourth-order valence-corrected chi connectivity index (χ4v) is 1.57. The average molecular weight is 278 g/mol. The van der Waals surface area contributed by atoms with Gasteiger partial charge in [0.05, 0.1) is 0 Å². The molecule has 1 heterocycles. The van der Waals surface area contributed by atoms with Crippen LogP contribution in [0.15, 0.2) is 6.07 Å². The number of hydrogen-bond acceptors (Lipinski definition) is 4. The van der Waals surface area contributed by atoms with E-state index in [2.05, 4.69) is 69.1 Å². The summed E-state index contributed by atoms with van der Waals surface area (Å²) in [7, 11) is 1.89. The van der Waals surface area contributed by atoms with Crippen LogP contribution in [0.3, 0.4) is 0 Å². The van der Waals surface area contributed by atoms with Gasteiger partial charge < -0.3 is 10.6 Å². The first-order valence-corrected chi connectivity index (χ1v) is 7.35. The highest BCUT2D eigenvalue weighted by molar-refractivity contribution is 5.47. The third-order valence-electron chi connectivity index (χ3n) is 3.72. The van der Waals surface area contributed by atoms with Gasteiger partial charge in [0.1, 0.15) is 17.5 Å². The Morgan fingerprint density at radius 2 is 1.60 bits per heavy atom. The summed E-state index contributed by atoms with van der Waals surface area (Å²) in [5.74, 6) is 3.17. The molecule has 0 saturated carbocycles. The minimum Gasteiger partial charge on any atom is -0.373 e. The van der Waals surface area contributed by atoms with Gasteiger partial charge >= 0.3 is 0 Å². The summed E-state index contributed by atoms with van der Waals surface area (Å²) in [6.07, 6.45) is 0. The zero-order valence-corrected chi connectivity index (χ0v) is 14.3. The van der Waals surface area contributed by atoms with E-state index in [1.165, 1.54) is 0 Å². The lowest BCUT2D eigenvalue weighted by Crippen LogP contribution is -2.26. The second-order valence-electron chi connectivity index (χ2n) is 7.61. The van der Waals surface area contributed by atoms with Gasteiger partial charge in [-0.05, 0) is 11.3 Å². The Bertz CT molecular complexity index is 441. The molecular weight excluding hydrogens is 248 g/mol. The number of rotatable bonds is 4. The van der Waals surface area contributed by atoms with Crippen LogP contribution in [-0.4, -0.2) is 23.6 Å². The van der Waals surface area contributed by atoms with Crippen molar-refractivity contribution in [3.8, 4) is 0 Å². The molecule has 2 N–H and O–H groups in total. The van der Waals surface area contributed by atoms with Crippen molar-refractivity contribution in [2.75, 3.05) is 24.2 Å². The predicted molar refractivity (Wildman–Crippen MR) is 87.4 cm³/mol. The quantitative estimate of drug-likeness (QED) is 0.876. The van der Waals surface area contributed by atoms with Crippen LogP contribution in [-0.2, 0) is 5.41 Å². The van der Waals surface area contributed by atoms with Crippen LogP contribution in [0.5, 0.6) is 0 Å². The second-order valence-corrected chi connectivity index (χ2v) is 7.61. The lowest BCUT2D eigenvalue weighted by atomic mass is 9.82. The Labute approximate surface area is 123 Å². The summed E-state index contributed by atoms with van der Waals surface area (Å²) in [6, 6.07) is 1.96. The summed E-state index contributed by atoms with van der Waals surface area (Å²) in [5, 5.41) is 6.55. The topological polar surface area (TPSA) is 49.8 Å². The normalized spacial score (nSPS) is 14.0. The monoisotopic (exact) mass is 278 g/mol. The van der Waals surface area contributed by atoms with E-state index in [-0.39, 0.29) is 5.41 Å². The first-order chi connectivity index (χ1) is 9.04. The molecule has 4 nitrogen and oxygen atoms in total. The molecular formula is C16H30N4. The zero-order chi connectivity index (χ0) is 15.6. The Morgan fingerprint density at radius 3 is 2.05 bits per heavy atom. The molecule has 0 aromatic carbocycles. The number of aromatic nitrogens is 2. The van der Waals surface area contributed by atoms with Gasteiger partial charge in [0.15, 0.2) is 0 Å². The van der Waals surface area contributed by atoms with Crippen LogP contribution in [0.4, 0.5) is 11.6 Å². The van der Waals surface area contributed by atoms with Crippen molar-refractivity contribution in [3.05, 3.63) is 11.9 Å². The molecule has 1 aromatic rings. The van der Waals surface area contributed by atoms with Crippen molar-refractivity contribution in [1.29, 1.82) is 0 Å². The van der Waals surface area contributed by atoms with E-state index >= 15 is 0 Å². The molecule has 0 saturated heterocycles. The lowest BCUT2D eigenvalue weighted by Gasteiger charge is -2.28. The standard InChI is InChI=1S/C16H30N4/c1-11(15(2,3)4)10-18-13-9-12(17-8)19-14(20-13)16(5,6)7/h9,11H,10H2,1-8H3,(H2,17,18,19,20). The summed E-state index contributed by atoms with van der Waals surface area (Å²) < 4.78 is 0. The molecule has 0 amide bonds. The summed E-state index contributed by atoms with van der Waals surface area (Å²) >= 11 is 0. The molecule has 1 atom stereocenters. The lowest BCUT2D eigenvalue weighted by molar-refractivity contribution is 0.274. The molecule has 0 bridgehead atoms. The number of nitrogens with one attached hydrogen (secondary N) is 2. The van der Waals surface area contributed by atoms with E-state index < -0.39 is 0 Å². The molecule has 0 aliphatic heterocycles. The Hall–Kier alpha value is -1.32. The Morgan fingerprint density at radius 1 is 1.05 bits per heavy atom. The molecule has 0 radical (unpaired) electrons. The van der Waals surface area contributed by atoms with Gasteiger partial charge in [-0.15, -0.1) is 0 Å². The van der Waals surface area contributed by atoms with E-state index in [0.717, 1.165) is 24.0 Å². The maximum Gasteiger partial charge on any atom is 0.138 e. The van der Waals surface area contributed by atoms with Crippen LogP contribution in [0, 0.1) is 11.3 Å². The van der Waals surface area contributed by atoms with Gasteiger partial charge in [0.25, 0.3) is 0 Å². The fourth-order valence-electron chi connectivity index (χ4n) is 1.57. The van der Waals surface area contributed by atoms with E-state index in [1.807, 2.05) is 13.1 Å². The van der Waals surface area contributed by atoms with Crippen molar-refractivity contribution in [2.45, 2.75) is 53.9 Å². The first kappa shape index (κ1) is 16.7. The number of hydrogen-bond donors (Lipinski definition) is 2. The largest absolute Gasteiger partial charge is 0.373 e. The molecule has 0 aliphatic carbocycles. The van der Waals surface area contributed by atoms with E-state index in [4.69, 9.17) is 0 Å². The fraction of sp³-hybridized carbons (Fsp3) is 0.750. The second kappa shape index (κ2) is 5.98. The third kappa shape index (κ3) is 4.66. The highest BCUT2D eigenvalue weighted by Gasteiger charge is 2.21. The molecule has 20 heavy (non-hydrogen) atoms.